The van der Waals surface area contributed by atoms with Crippen LogP contribution in [0.5, 0.6) is 0 Å². The predicted molar refractivity (Wildman–Crippen MR) is 113 cm³/mol. The molecule has 152 valence electrons. The summed E-state index contributed by atoms with van der Waals surface area (Å²) in [7, 11) is 6.45. The van der Waals surface area contributed by atoms with E-state index < -0.39 is 0 Å². The van der Waals surface area contributed by atoms with Gasteiger partial charge in [-0.05, 0) is 12.8 Å². The van der Waals surface area contributed by atoms with Crippen molar-refractivity contribution in [2.45, 2.75) is 110 Å². The first kappa shape index (κ1) is 24.9. The second kappa shape index (κ2) is 18.7. The van der Waals surface area contributed by atoms with Gasteiger partial charge < -0.3 is 9.22 Å². The fraction of sp³-hybridized carbons (Fsp3) is 1.00. The van der Waals surface area contributed by atoms with Crippen LogP contribution in [0.15, 0.2) is 0 Å². The molecule has 0 fully saturated rings. The maximum Gasteiger partial charge on any atom is 0.102 e. The molecule has 0 aliphatic heterocycles. The van der Waals surface area contributed by atoms with Crippen molar-refractivity contribution < 1.29 is 9.22 Å². The number of hydrogen-bond donors (Lipinski definition) is 0. The van der Waals surface area contributed by atoms with Gasteiger partial charge in [0.1, 0.15) is 6.54 Å². The Kier molecular flexibility index (Phi) is 18.6. The number of ether oxygens (including phenoxy) is 1. The Morgan fingerprint density at radius 1 is 0.520 bits per heavy atom. The Hall–Kier alpha value is -0.0800. The summed E-state index contributed by atoms with van der Waals surface area (Å²) in [5.41, 5.74) is 0. The lowest BCUT2D eigenvalue weighted by Gasteiger charge is -2.29. The van der Waals surface area contributed by atoms with Gasteiger partial charge in [0, 0.05) is 7.11 Å². The molecule has 0 saturated carbocycles. The molecule has 0 aliphatic rings. The topological polar surface area (TPSA) is 9.23 Å². The van der Waals surface area contributed by atoms with E-state index in [1.807, 2.05) is 0 Å². The molecule has 0 aliphatic carbocycles. The van der Waals surface area contributed by atoms with Crippen molar-refractivity contribution in [2.24, 2.45) is 0 Å². The number of quaternary nitrogens is 1. The summed E-state index contributed by atoms with van der Waals surface area (Å²) in [5.74, 6) is 0. The molecule has 0 aromatic heterocycles. The van der Waals surface area contributed by atoms with Crippen LogP contribution in [0.4, 0.5) is 0 Å². The molecule has 2 nitrogen and oxygen atoms in total. The van der Waals surface area contributed by atoms with Crippen LogP contribution in [0.2, 0.25) is 0 Å². The van der Waals surface area contributed by atoms with Gasteiger partial charge in [0.05, 0.1) is 27.2 Å². The summed E-state index contributed by atoms with van der Waals surface area (Å²) >= 11 is 0. The minimum Gasteiger partial charge on any atom is -0.379 e. The monoisotopic (exact) mass is 356 g/mol. The predicted octanol–water partition coefficient (Wildman–Crippen LogP) is 6.97. The zero-order valence-electron chi connectivity index (χ0n) is 18.3. The van der Waals surface area contributed by atoms with Crippen LogP contribution >= 0.6 is 0 Å². The molecule has 0 heterocycles. The van der Waals surface area contributed by atoms with E-state index >= 15 is 0 Å². The van der Waals surface area contributed by atoms with Gasteiger partial charge in [-0.15, -0.1) is 0 Å². The molecule has 0 bridgehead atoms. The Labute approximate surface area is 160 Å². The van der Waals surface area contributed by atoms with Crippen molar-refractivity contribution in [1.29, 1.82) is 0 Å². The van der Waals surface area contributed by atoms with Crippen molar-refractivity contribution in [3.8, 4) is 0 Å². The average molecular weight is 357 g/mol. The molecule has 0 amide bonds. The Bertz CT molecular complexity index is 252. The maximum atomic E-state index is 5.19. The quantitative estimate of drug-likeness (QED) is 0.169. The molecule has 0 atom stereocenters. The highest BCUT2D eigenvalue weighted by Gasteiger charge is 2.13. The summed E-state index contributed by atoms with van der Waals surface area (Å²) in [6.45, 7) is 5.60. The van der Waals surface area contributed by atoms with E-state index in [0.717, 1.165) is 17.6 Å². The van der Waals surface area contributed by atoms with Crippen molar-refractivity contribution in [1.82, 2.24) is 0 Å². The van der Waals surface area contributed by atoms with Crippen LogP contribution in [0.1, 0.15) is 110 Å². The Balaban J connectivity index is 3.14. The number of unbranched alkanes of at least 4 members (excludes halogenated alkanes) is 15. The first-order valence-corrected chi connectivity index (χ1v) is 11.4. The minimum absolute atomic E-state index is 0.881. The second-order valence-electron chi connectivity index (χ2n) is 8.68. The van der Waals surface area contributed by atoms with E-state index in [0.29, 0.717) is 0 Å². The van der Waals surface area contributed by atoms with Gasteiger partial charge >= 0.3 is 0 Å². The van der Waals surface area contributed by atoms with Crippen LogP contribution in [0.25, 0.3) is 0 Å². The summed E-state index contributed by atoms with van der Waals surface area (Å²) < 4.78 is 6.30. The molecular formula is C23H50NO+. The fourth-order valence-corrected chi connectivity index (χ4v) is 3.54. The largest absolute Gasteiger partial charge is 0.379 e. The molecule has 2 heteroatoms. The van der Waals surface area contributed by atoms with Gasteiger partial charge in [-0.3, -0.25) is 0 Å². The normalized spacial score (nSPS) is 12.0. The van der Waals surface area contributed by atoms with Crippen molar-refractivity contribution in [3.05, 3.63) is 0 Å². The SMILES string of the molecule is CCCCCCCCCCCCCCCCCC[N+](C)(C)CCOC. The van der Waals surface area contributed by atoms with Crippen LogP contribution in [-0.2, 0) is 4.74 Å². The lowest BCUT2D eigenvalue weighted by molar-refractivity contribution is -0.890. The minimum atomic E-state index is 0.881. The smallest absolute Gasteiger partial charge is 0.102 e. The highest BCUT2D eigenvalue weighted by molar-refractivity contribution is 4.50. The molecule has 25 heavy (non-hydrogen) atoms. The van der Waals surface area contributed by atoms with E-state index in [1.54, 1.807) is 7.11 Å². The number of rotatable bonds is 20. The molecule has 0 unspecified atom stereocenters. The van der Waals surface area contributed by atoms with Gasteiger partial charge in [-0.25, -0.2) is 0 Å². The average Bonchev–Trinajstić information content (AvgIpc) is 2.59. The van der Waals surface area contributed by atoms with E-state index in [2.05, 4.69) is 21.0 Å². The Morgan fingerprint density at radius 2 is 0.880 bits per heavy atom. The molecule has 0 saturated heterocycles. The number of likely N-dealkylation sites (N-methyl/N-ethyl adjacent to an activating group) is 1. The molecule has 0 aromatic rings. The fourth-order valence-electron chi connectivity index (χ4n) is 3.54. The van der Waals surface area contributed by atoms with E-state index in [1.165, 1.54) is 109 Å². The molecule has 0 aromatic carbocycles. The zero-order valence-corrected chi connectivity index (χ0v) is 18.3. The lowest BCUT2D eigenvalue weighted by atomic mass is 10.0. The van der Waals surface area contributed by atoms with E-state index in [-0.39, 0.29) is 0 Å². The second-order valence-corrected chi connectivity index (χ2v) is 8.68. The Morgan fingerprint density at radius 3 is 1.24 bits per heavy atom. The van der Waals surface area contributed by atoms with E-state index in [4.69, 9.17) is 4.74 Å². The number of methoxy groups -OCH3 is 1. The highest BCUT2D eigenvalue weighted by atomic mass is 16.5. The molecule has 0 radical (unpaired) electrons. The number of hydrogen-bond acceptors (Lipinski definition) is 1. The summed E-state index contributed by atoms with van der Waals surface area (Å²) in [5, 5.41) is 0. The standard InChI is InChI=1S/C23H50NO/c1-5-6-7-8-9-10-11-12-13-14-15-16-17-18-19-20-21-24(2,3)22-23-25-4/h5-23H2,1-4H3/q+1. The van der Waals surface area contributed by atoms with Crippen molar-refractivity contribution >= 4 is 0 Å². The van der Waals surface area contributed by atoms with Crippen LogP contribution in [0, 0.1) is 0 Å². The van der Waals surface area contributed by atoms with Crippen molar-refractivity contribution in [2.75, 3.05) is 40.9 Å². The van der Waals surface area contributed by atoms with Crippen LogP contribution in [-0.4, -0.2) is 45.4 Å². The molecule has 0 spiro atoms. The lowest BCUT2D eigenvalue weighted by Crippen LogP contribution is -2.42. The number of nitrogens with zero attached hydrogens (tertiary/aromatic N) is 1. The first-order chi connectivity index (χ1) is 12.1. The third-order valence-corrected chi connectivity index (χ3v) is 5.52. The summed E-state index contributed by atoms with van der Waals surface area (Å²) in [4.78, 5) is 0. The van der Waals surface area contributed by atoms with Gasteiger partial charge in [0.15, 0.2) is 0 Å². The first-order valence-electron chi connectivity index (χ1n) is 11.4. The van der Waals surface area contributed by atoms with Crippen LogP contribution < -0.4 is 0 Å². The summed E-state index contributed by atoms with van der Waals surface area (Å²) in [6, 6.07) is 0. The van der Waals surface area contributed by atoms with Gasteiger partial charge in [0.2, 0.25) is 0 Å². The van der Waals surface area contributed by atoms with Crippen LogP contribution in [0.3, 0.4) is 0 Å². The molecule has 0 rings (SSSR count). The maximum absolute atomic E-state index is 5.19. The zero-order chi connectivity index (χ0) is 18.6. The van der Waals surface area contributed by atoms with Gasteiger partial charge in [-0.1, -0.05) is 96.8 Å². The summed E-state index contributed by atoms with van der Waals surface area (Å²) in [6.07, 6.45) is 23.1. The van der Waals surface area contributed by atoms with Crippen molar-refractivity contribution in [3.63, 3.8) is 0 Å². The molecule has 0 N–H and O–H groups in total. The third kappa shape index (κ3) is 20.1. The van der Waals surface area contributed by atoms with Gasteiger partial charge in [0.25, 0.3) is 0 Å². The molecular weight excluding hydrogens is 306 g/mol. The van der Waals surface area contributed by atoms with E-state index in [9.17, 15) is 0 Å². The highest BCUT2D eigenvalue weighted by Crippen LogP contribution is 2.14. The van der Waals surface area contributed by atoms with Gasteiger partial charge in [-0.2, -0.15) is 0 Å². The third-order valence-electron chi connectivity index (χ3n) is 5.52.